The number of benzene rings is 1. The Balaban J connectivity index is 2.22. The zero-order valence-electron chi connectivity index (χ0n) is 9.29. The van der Waals surface area contributed by atoms with Gasteiger partial charge in [-0.25, -0.2) is 0 Å². The van der Waals surface area contributed by atoms with Crippen molar-refractivity contribution in [1.82, 2.24) is 4.90 Å². The van der Waals surface area contributed by atoms with Crippen LogP contribution in [0, 0.1) is 0 Å². The molecule has 5 heteroatoms. The van der Waals surface area contributed by atoms with Gasteiger partial charge in [-0.3, -0.25) is 4.79 Å². The summed E-state index contributed by atoms with van der Waals surface area (Å²) in [6, 6.07) is 5.53. The number of rotatable bonds is 2. The van der Waals surface area contributed by atoms with Crippen LogP contribution in [0.25, 0.3) is 0 Å². The molecule has 92 valence electrons. The summed E-state index contributed by atoms with van der Waals surface area (Å²) >= 11 is 15.3. The molecule has 0 aliphatic carbocycles. The summed E-state index contributed by atoms with van der Waals surface area (Å²) in [6.45, 7) is 2.74. The molecule has 0 saturated carbocycles. The molecule has 1 amide bonds. The summed E-state index contributed by atoms with van der Waals surface area (Å²) < 4.78 is 0. The lowest BCUT2D eigenvalue weighted by molar-refractivity contribution is -0.129. The Morgan fingerprint density at radius 2 is 2.12 bits per heavy atom. The largest absolute Gasteiger partial charge is 0.335 e. The molecule has 1 fully saturated rings. The van der Waals surface area contributed by atoms with Gasteiger partial charge >= 0.3 is 0 Å². The fourth-order valence-electron chi connectivity index (χ4n) is 2.01. The van der Waals surface area contributed by atoms with Gasteiger partial charge in [0.1, 0.15) is 0 Å². The Hall–Kier alpha value is -0.250. The third kappa shape index (κ3) is 2.78. The van der Waals surface area contributed by atoms with Gasteiger partial charge in [0, 0.05) is 17.8 Å². The number of carbonyl (C=O) groups is 1. The van der Waals surface area contributed by atoms with E-state index >= 15 is 0 Å². The molecular formula is C12H12BrCl2NO. The van der Waals surface area contributed by atoms with Crippen LogP contribution in [0.5, 0.6) is 0 Å². The van der Waals surface area contributed by atoms with Gasteiger partial charge in [-0.1, -0.05) is 45.2 Å². The molecule has 1 heterocycles. The number of alkyl halides is 1. The summed E-state index contributed by atoms with van der Waals surface area (Å²) in [5.74, 6) is 0.172. The lowest BCUT2D eigenvalue weighted by Gasteiger charge is -2.25. The quantitative estimate of drug-likeness (QED) is 0.746. The first-order valence-corrected chi connectivity index (χ1v) is 7.04. The predicted molar refractivity (Wildman–Crippen MR) is 73.9 cm³/mol. The van der Waals surface area contributed by atoms with Crippen LogP contribution in [0.15, 0.2) is 18.2 Å². The van der Waals surface area contributed by atoms with E-state index in [-0.39, 0.29) is 16.8 Å². The van der Waals surface area contributed by atoms with Crippen molar-refractivity contribution < 1.29 is 4.79 Å². The van der Waals surface area contributed by atoms with Crippen LogP contribution in [-0.2, 0) is 4.79 Å². The van der Waals surface area contributed by atoms with Crippen LogP contribution in [-0.4, -0.2) is 22.2 Å². The molecule has 1 aromatic carbocycles. The SMILES string of the molecule is CC(c1ccc(Cl)c(Cl)c1)N1CC(Br)CC1=O. The number of nitrogens with zero attached hydrogens (tertiary/aromatic N) is 1. The third-order valence-corrected chi connectivity index (χ3v) is 4.36. The maximum absolute atomic E-state index is 11.8. The number of hydrogen-bond acceptors (Lipinski definition) is 1. The summed E-state index contributed by atoms with van der Waals surface area (Å²) in [7, 11) is 0. The first kappa shape index (κ1) is 13.2. The molecule has 1 saturated heterocycles. The molecule has 2 rings (SSSR count). The second kappa shape index (κ2) is 5.17. The molecule has 2 atom stereocenters. The van der Waals surface area contributed by atoms with Gasteiger partial charge in [-0.2, -0.15) is 0 Å². The predicted octanol–water partition coefficient (Wildman–Crippen LogP) is 4.05. The second-order valence-electron chi connectivity index (χ2n) is 4.20. The Morgan fingerprint density at radius 3 is 2.65 bits per heavy atom. The van der Waals surface area contributed by atoms with E-state index in [2.05, 4.69) is 15.9 Å². The van der Waals surface area contributed by atoms with Gasteiger partial charge < -0.3 is 4.90 Å². The van der Waals surface area contributed by atoms with Crippen LogP contribution in [0.2, 0.25) is 10.0 Å². The summed E-state index contributed by atoms with van der Waals surface area (Å²) in [5.41, 5.74) is 1.01. The number of halogens is 3. The Kier molecular flexibility index (Phi) is 4.01. The van der Waals surface area contributed by atoms with Crippen molar-refractivity contribution in [2.45, 2.75) is 24.2 Å². The smallest absolute Gasteiger partial charge is 0.224 e. The number of carbonyl (C=O) groups excluding carboxylic acids is 1. The van der Waals surface area contributed by atoms with Crippen molar-refractivity contribution >= 4 is 45.0 Å². The Bertz CT molecular complexity index is 452. The fourth-order valence-corrected chi connectivity index (χ4v) is 2.91. The van der Waals surface area contributed by atoms with Crippen LogP contribution < -0.4 is 0 Å². The van der Waals surface area contributed by atoms with Crippen LogP contribution >= 0.6 is 39.1 Å². The minimum absolute atomic E-state index is 0.0276. The Morgan fingerprint density at radius 1 is 1.41 bits per heavy atom. The van der Waals surface area contributed by atoms with E-state index in [0.29, 0.717) is 16.5 Å². The fraction of sp³-hybridized carbons (Fsp3) is 0.417. The summed E-state index contributed by atoms with van der Waals surface area (Å²) in [5, 5.41) is 1.06. The number of hydrogen-bond donors (Lipinski definition) is 0. The monoisotopic (exact) mass is 335 g/mol. The zero-order chi connectivity index (χ0) is 12.6. The first-order chi connectivity index (χ1) is 7.99. The molecule has 2 nitrogen and oxygen atoms in total. The topological polar surface area (TPSA) is 20.3 Å². The van der Waals surface area contributed by atoms with E-state index in [0.717, 1.165) is 12.1 Å². The standard InChI is InChI=1S/C12H12BrCl2NO/c1-7(16-6-9(13)5-12(16)17)8-2-3-10(14)11(15)4-8/h2-4,7,9H,5-6H2,1H3. The van der Waals surface area contributed by atoms with E-state index in [4.69, 9.17) is 23.2 Å². The van der Waals surface area contributed by atoms with Gasteiger partial charge in [-0.05, 0) is 24.6 Å². The van der Waals surface area contributed by atoms with Gasteiger partial charge in [0.05, 0.1) is 16.1 Å². The molecule has 2 unspecified atom stereocenters. The first-order valence-electron chi connectivity index (χ1n) is 5.37. The molecule has 0 radical (unpaired) electrons. The van der Waals surface area contributed by atoms with Gasteiger partial charge in [-0.15, -0.1) is 0 Å². The average molecular weight is 337 g/mol. The highest BCUT2D eigenvalue weighted by Crippen LogP contribution is 2.31. The molecule has 0 bridgehead atoms. The number of likely N-dealkylation sites (tertiary alicyclic amines) is 1. The van der Waals surface area contributed by atoms with Gasteiger partial charge in [0.2, 0.25) is 5.91 Å². The van der Waals surface area contributed by atoms with Crippen LogP contribution in [0.3, 0.4) is 0 Å². The van der Waals surface area contributed by atoms with E-state index in [9.17, 15) is 4.79 Å². The minimum Gasteiger partial charge on any atom is -0.335 e. The lowest BCUT2D eigenvalue weighted by Crippen LogP contribution is -2.28. The van der Waals surface area contributed by atoms with Crippen molar-refractivity contribution in [2.24, 2.45) is 0 Å². The van der Waals surface area contributed by atoms with E-state index in [1.807, 2.05) is 24.0 Å². The minimum atomic E-state index is 0.0276. The summed E-state index contributed by atoms with van der Waals surface area (Å²) in [6.07, 6.45) is 0.561. The van der Waals surface area contributed by atoms with E-state index < -0.39 is 0 Å². The van der Waals surface area contributed by atoms with E-state index in [1.165, 1.54) is 0 Å². The molecule has 0 aromatic heterocycles. The Labute approximate surface area is 119 Å². The van der Waals surface area contributed by atoms with Crippen LogP contribution in [0.4, 0.5) is 0 Å². The lowest BCUT2D eigenvalue weighted by atomic mass is 10.1. The summed E-state index contributed by atoms with van der Waals surface area (Å²) in [4.78, 5) is 13.9. The van der Waals surface area contributed by atoms with Gasteiger partial charge in [0.15, 0.2) is 0 Å². The average Bonchev–Trinajstić information content (AvgIpc) is 2.61. The second-order valence-corrected chi connectivity index (χ2v) is 6.31. The van der Waals surface area contributed by atoms with Crippen LogP contribution in [0.1, 0.15) is 24.9 Å². The maximum atomic E-state index is 11.8. The van der Waals surface area contributed by atoms with Crippen molar-refractivity contribution in [3.05, 3.63) is 33.8 Å². The molecule has 0 spiro atoms. The van der Waals surface area contributed by atoms with Crippen molar-refractivity contribution in [3.8, 4) is 0 Å². The number of amides is 1. The molecular weight excluding hydrogens is 325 g/mol. The van der Waals surface area contributed by atoms with Gasteiger partial charge in [0.25, 0.3) is 0 Å². The maximum Gasteiger partial charge on any atom is 0.224 e. The molecule has 1 aliphatic rings. The van der Waals surface area contributed by atoms with Crippen molar-refractivity contribution in [1.29, 1.82) is 0 Å². The van der Waals surface area contributed by atoms with Crippen molar-refractivity contribution in [3.63, 3.8) is 0 Å². The molecule has 1 aliphatic heterocycles. The molecule has 0 N–H and O–H groups in total. The highest BCUT2D eigenvalue weighted by Gasteiger charge is 2.31. The molecule has 1 aromatic rings. The normalized spacial score (nSPS) is 22.0. The molecule has 17 heavy (non-hydrogen) atoms. The third-order valence-electron chi connectivity index (χ3n) is 3.00. The zero-order valence-corrected chi connectivity index (χ0v) is 12.4. The highest BCUT2D eigenvalue weighted by molar-refractivity contribution is 9.09. The van der Waals surface area contributed by atoms with Crippen molar-refractivity contribution in [2.75, 3.05) is 6.54 Å². The van der Waals surface area contributed by atoms with E-state index in [1.54, 1.807) is 6.07 Å². The highest BCUT2D eigenvalue weighted by atomic mass is 79.9.